The second-order valence-corrected chi connectivity index (χ2v) is 9.42. The summed E-state index contributed by atoms with van der Waals surface area (Å²) in [7, 11) is 0. The zero-order valence-electron chi connectivity index (χ0n) is 17.2. The number of hydrogen-bond acceptors (Lipinski definition) is 1. The van der Waals surface area contributed by atoms with E-state index in [9.17, 15) is 8.78 Å². The summed E-state index contributed by atoms with van der Waals surface area (Å²) in [6.07, 6.45) is 13.7. The van der Waals surface area contributed by atoms with Gasteiger partial charge in [-0.15, -0.1) is 0 Å². The average molecular weight is 389 g/mol. The Bertz CT molecular complexity index is 713. The van der Waals surface area contributed by atoms with Crippen molar-refractivity contribution in [2.45, 2.75) is 71.1 Å². The molecule has 0 N–H and O–H groups in total. The number of rotatable bonds is 5. The summed E-state index contributed by atoms with van der Waals surface area (Å²) in [5.41, 5.74) is 1.54. The van der Waals surface area contributed by atoms with Gasteiger partial charge in [0, 0.05) is 0 Å². The fourth-order valence-electron chi connectivity index (χ4n) is 6.35. The second-order valence-electron chi connectivity index (χ2n) is 9.42. The molecule has 3 aliphatic rings. The summed E-state index contributed by atoms with van der Waals surface area (Å²) in [5, 5.41) is 0. The molecular formula is C25H34F2O. The zero-order valence-corrected chi connectivity index (χ0v) is 17.2. The van der Waals surface area contributed by atoms with Gasteiger partial charge in [0.15, 0.2) is 17.4 Å². The van der Waals surface area contributed by atoms with Gasteiger partial charge in [-0.3, -0.25) is 0 Å². The molecule has 2 saturated carbocycles. The summed E-state index contributed by atoms with van der Waals surface area (Å²) in [4.78, 5) is 0. The van der Waals surface area contributed by atoms with Crippen LogP contribution in [0.1, 0.15) is 69.4 Å². The van der Waals surface area contributed by atoms with Crippen molar-refractivity contribution in [2.75, 3.05) is 6.61 Å². The Hall–Kier alpha value is -1.38. The Kier molecular flexibility index (Phi) is 6.08. The molecule has 0 radical (unpaired) electrons. The van der Waals surface area contributed by atoms with Crippen molar-refractivity contribution in [1.82, 2.24) is 0 Å². The van der Waals surface area contributed by atoms with Gasteiger partial charge >= 0.3 is 0 Å². The van der Waals surface area contributed by atoms with Gasteiger partial charge in [-0.05, 0) is 98.1 Å². The lowest BCUT2D eigenvalue weighted by Gasteiger charge is -2.45. The lowest BCUT2D eigenvalue weighted by Crippen LogP contribution is -2.35. The predicted octanol–water partition coefficient (Wildman–Crippen LogP) is 6.88. The van der Waals surface area contributed by atoms with E-state index in [1.165, 1.54) is 57.1 Å². The largest absolute Gasteiger partial charge is 0.483 e. The molecule has 5 unspecified atom stereocenters. The van der Waals surface area contributed by atoms with Crippen LogP contribution in [0.5, 0.6) is 5.75 Å². The highest BCUT2D eigenvalue weighted by Crippen LogP contribution is 2.49. The number of hydrogen-bond donors (Lipinski definition) is 0. The molecule has 1 aromatic carbocycles. The molecule has 28 heavy (non-hydrogen) atoms. The van der Waals surface area contributed by atoms with Gasteiger partial charge < -0.3 is 4.74 Å². The van der Waals surface area contributed by atoms with Crippen LogP contribution in [0.15, 0.2) is 18.7 Å². The molecule has 154 valence electrons. The molecule has 1 nitrogen and oxygen atoms in total. The third-order valence-corrected chi connectivity index (χ3v) is 7.97. The van der Waals surface area contributed by atoms with Crippen LogP contribution in [-0.4, -0.2) is 6.61 Å². The van der Waals surface area contributed by atoms with Crippen LogP contribution < -0.4 is 4.74 Å². The standard InChI is InChI=1S/C25H34F2O/c1-3-11-28-25-23(26)15-21-14-20(9-10-22(21)24(25)27)19-8-7-17-12-16(4-2)5-6-18(17)13-19/h3,15-20H,1,4-14H2,2H3. The topological polar surface area (TPSA) is 9.23 Å². The molecule has 0 saturated heterocycles. The highest BCUT2D eigenvalue weighted by molar-refractivity contribution is 5.41. The predicted molar refractivity (Wildman–Crippen MR) is 110 cm³/mol. The van der Waals surface area contributed by atoms with Crippen LogP contribution in [0.25, 0.3) is 0 Å². The number of benzene rings is 1. The van der Waals surface area contributed by atoms with E-state index in [2.05, 4.69) is 13.5 Å². The van der Waals surface area contributed by atoms with Crippen LogP contribution in [0.2, 0.25) is 0 Å². The molecular weight excluding hydrogens is 354 g/mol. The molecule has 0 amide bonds. The average Bonchev–Trinajstić information content (AvgIpc) is 2.72. The van der Waals surface area contributed by atoms with Crippen molar-refractivity contribution in [2.24, 2.45) is 29.6 Å². The first kappa shape index (κ1) is 19.9. The molecule has 2 fully saturated rings. The molecule has 1 aromatic rings. The lowest BCUT2D eigenvalue weighted by atomic mass is 9.61. The molecule has 0 aliphatic heterocycles. The molecule has 3 heteroatoms. The smallest absolute Gasteiger partial charge is 0.191 e. The lowest BCUT2D eigenvalue weighted by molar-refractivity contribution is 0.0706. The van der Waals surface area contributed by atoms with Crippen LogP contribution >= 0.6 is 0 Å². The van der Waals surface area contributed by atoms with Gasteiger partial charge in [0.05, 0.1) is 0 Å². The van der Waals surface area contributed by atoms with Crippen LogP contribution in [0, 0.1) is 41.2 Å². The van der Waals surface area contributed by atoms with Crippen LogP contribution in [-0.2, 0) is 12.8 Å². The van der Waals surface area contributed by atoms with Gasteiger partial charge in [0.2, 0.25) is 0 Å². The first-order chi connectivity index (χ1) is 13.6. The highest BCUT2D eigenvalue weighted by Gasteiger charge is 2.38. The minimum absolute atomic E-state index is 0.124. The third-order valence-electron chi connectivity index (χ3n) is 7.97. The maximum atomic E-state index is 14.8. The minimum Gasteiger partial charge on any atom is -0.483 e. The van der Waals surface area contributed by atoms with E-state index in [0.29, 0.717) is 17.9 Å². The third kappa shape index (κ3) is 3.86. The van der Waals surface area contributed by atoms with E-state index in [1.54, 1.807) is 0 Å². The van der Waals surface area contributed by atoms with E-state index < -0.39 is 11.6 Å². The maximum absolute atomic E-state index is 14.8. The van der Waals surface area contributed by atoms with E-state index in [0.717, 1.165) is 42.1 Å². The molecule has 0 spiro atoms. The van der Waals surface area contributed by atoms with Crippen LogP contribution in [0.3, 0.4) is 0 Å². The van der Waals surface area contributed by atoms with Gasteiger partial charge in [-0.25, -0.2) is 8.78 Å². The Morgan fingerprint density at radius 3 is 2.50 bits per heavy atom. The fourth-order valence-corrected chi connectivity index (χ4v) is 6.35. The SMILES string of the molecule is C=CCOc1c(F)cc2c(c1F)CCC(C1CCC3CC(CC)CCC3C1)C2. The minimum atomic E-state index is -0.569. The van der Waals surface area contributed by atoms with E-state index in [-0.39, 0.29) is 12.4 Å². The zero-order chi connectivity index (χ0) is 19.7. The number of halogens is 2. The van der Waals surface area contributed by atoms with Crippen molar-refractivity contribution in [1.29, 1.82) is 0 Å². The molecule has 0 heterocycles. The highest BCUT2D eigenvalue weighted by atomic mass is 19.1. The van der Waals surface area contributed by atoms with E-state index in [4.69, 9.17) is 4.74 Å². The Morgan fingerprint density at radius 2 is 1.75 bits per heavy atom. The molecule has 0 aromatic heterocycles. The monoisotopic (exact) mass is 388 g/mol. The summed E-state index contributed by atoms with van der Waals surface area (Å²) < 4.78 is 34.5. The van der Waals surface area contributed by atoms with Gasteiger partial charge in [-0.2, -0.15) is 0 Å². The molecule has 5 atom stereocenters. The van der Waals surface area contributed by atoms with Crippen molar-refractivity contribution in [3.8, 4) is 5.75 Å². The Balaban J connectivity index is 1.44. The Labute approximate surface area is 168 Å². The van der Waals surface area contributed by atoms with Gasteiger partial charge in [-0.1, -0.05) is 32.4 Å². The summed E-state index contributed by atoms with van der Waals surface area (Å²) >= 11 is 0. The first-order valence-corrected chi connectivity index (χ1v) is 11.3. The summed E-state index contributed by atoms with van der Waals surface area (Å²) in [5.74, 6) is 2.80. The number of fused-ring (bicyclic) bond motifs is 2. The summed E-state index contributed by atoms with van der Waals surface area (Å²) in [6.45, 7) is 6.01. The van der Waals surface area contributed by atoms with Crippen molar-refractivity contribution >= 4 is 0 Å². The van der Waals surface area contributed by atoms with E-state index >= 15 is 0 Å². The van der Waals surface area contributed by atoms with Crippen molar-refractivity contribution < 1.29 is 13.5 Å². The summed E-state index contributed by atoms with van der Waals surface area (Å²) in [6, 6.07) is 1.53. The van der Waals surface area contributed by atoms with Gasteiger partial charge in [0.1, 0.15) is 6.61 Å². The van der Waals surface area contributed by atoms with Crippen LogP contribution in [0.4, 0.5) is 8.78 Å². The quantitative estimate of drug-likeness (QED) is 0.500. The Morgan fingerprint density at radius 1 is 1.04 bits per heavy atom. The second kappa shape index (κ2) is 8.55. The number of ether oxygens (including phenoxy) is 1. The van der Waals surface area contributed by atoms with Gasteiger partial charge in [0.25, 0.3) is 0 Å². The van der Waals surface area contributed by atoms with Crippen molar-refractivity contribution in [3.05, 3.63) is 41.5 Å². The molecule has 3 aliphatic carbocycles. The molecule has 0 bridgehead atoms. The fraction of sp³-hybridized carbons (Fsp3) is 0.680. The molecule has 4 rings (SSSR count). The first-order valence-electron chi connectivity index (χ1n) is 11.3. The normalized spacial score (nSPS) is 32.3. The van der Waals surface area contributed by atoms with E-state index in [1.807, 2.05) is 0 Å². The maximum Gasteiger partial charge on any atom is 0.191 e. The van der Waals surface area contributed by atoms with Crippen molar-refractivity contribution in [3.63, 3.8) is 0 Å².